The predicted octanol–water partition coefficient (Wildman–Crippen LogP) is 2.12. The fourth-order valence-electron chi connectivity index (χ4n) is 0.626. The van der Waals surface area contributed by atoms with Crippen LogP contribution in [-0.2, 0) is 0 Å². The minimum absolute atomic E-state index is 0.981. The molecule has 0 spiro atoms. The second-order valence-electron chi connectivity index (χ2n) is 2.45. The van der Waals surface area contributed by atoms with Crippen LogP contribution < -0.4 is 5.32 Å². The molecule has 0 aliphatic rings. The van der Waals surface area contributed by atoms with Gasteiger partial charge in [-0.3, -0.25) is 0 Å². The van der Waals surface area contributed by atoms with Crippen LogP contribution in [0.15, 0.2) is 23.8 Å². The van der Waals surface area contributed by atoms with Crippen LogP contribution in [0.4, 0.5) is 0 Å². The molecule has 10 heavy (non-hydrogen) atoms. The Hall–Kier alpha value is -0.560. The van der Waals surface area contributed by atoms with Gasteiger partial charge in [0.05, 0.1) is 0 Å². The van der Waals surface area contributed by atoms with Gasteiger partial charge in [0.15, 0.2) is 0 Å². The van der Waals surface area contributed by atoms with E-state index >= 15 is 0 Å². The van der Waals surface area contributed by atoms with E-state index in [1.807, 2.05) is 6.08 Å². The maximum atomic E-state index is 3.70. The molecule has 0 atom stereocenters. The van der Waals surface area contributed by atoms with Crippen LogP contribution in [0.25, 0.3) is 0 Å². The van der Waals surface area contributed by atoms with Crippen molar-refractivity contribution in [2.24, 2.45) is 0 Å². The van der Waals surface area contributed by atoms with Gasteiger partial charge in [-0.25, -0.2) is 0 Å². The van der Waals surface area contributed by atoms with E-state index in [0.29, 0.717) is 0 Å². The molecule has 0 saturated carbocycles. The van der Waals surface area contributed by atoms with E-state index in [0.717, 1.165) is 13.1 Å². The van der Waals surface area contributed by atoms with Crippen LogP contribution in [0.2, 0.25) is 0 Å². The molecule has 0 amide bonds. The minimum Gasteiger partial charge on any atom is -0.313 e. The number of hydrogen-bond acceptors (Lipinski definition) is 1. The van der Waals surface area contributed by atoms with Crippen molar-refractivity contribution < 1.29 is 0 Å². The second kappa shape index (κ2) is 5.24. The van der Waals surface area contributed by atoms with Gasteiger partial charge in [0.25, 0.3) is 0 Å². The van der Waals surface area contributed by atoms with Crippen molar-refractivity contribution in [3.05, 3.63) is 23.8 Å². The lowest BCUT2D eigenvalue weighted by atomic mass is 10.1. The Bertz CT molecular complexity index is 134. The molecule has 58 valence electrons. The Morgan fingerprint density at radius 1 is 1.50 bits per heavy atom. The Balaban J connectivity index is 3.79. The van der Waals surface area contributed by atoms with Crippen LogP contribution in [0, 0.1) is 0 Å². The minimum atomic E-state index is 0.981. The van der Waals surface area contributed by atoms with E-state index < -0.39 is 0 Å². The number of rotatable bonds is 4. The Morgan fingerprint density at radius 2 is 2.10 bits per heavy atom. The fraction of sp³-hybridized carbons (Fsp3) is 0.556. The zero-order valence-electron chi connectivity index (χ0n) is 7.20. The first-order chi connectivity index (χ1) is 4.72. The predicted molar refractivity (Wildman–Crippen MR) is 47.1 cm³/mol. The van der Waals surface area contributed by atoms with Gasteiger partial charge < -0.3 is 5.32 Å². The zero-order valence-corrected chi connectivity index (χ0v) is 7.20. The van der Waals surface area contributed by atoms with Crippen LogP contribution in [-0.4, -0.2) is 13.1 Å². The summed E-state index contributed by atoms with van der Waals surface area (Å²) in [7, 11) is 0. The normalized spacial score (nSPS) is 12.7. The monoisotopic (exact) mass is 139 g/mol. The summed E-state index contributed by atoms with van der Waals surface area (Å²) in [6.07, 6.45) is 1.90. The maximum absolute atomic E-state index is 3.70. The number of allylic oxidation sites excluding steroid dienone is 2. The highest BCUT2D eigenvalue weighted by Crippen LogP contribution is 2.01. The Labute approximate surface area is 63.8 Å². The van der Waals surface area contributed by atoms with Gasteiger partial charge in [-0.1, -0.05) is 30.7 Å². The summed E-state index contributed by atoms with van der Waals surface area (Å²) in [6.45, 7) is 12.0. The Kier molecular flexibility index (Phi) is 4.95. The van der Waals surface area contributed by atoms with Crippen molar-refractivity contribution in [1.29, 1.82) is 0 Å². The first kappa shape index (κ1) is 9.44. The third-order valence-corrected chi connectivity index (χ3v) is 1.62. The van der Waals surface area contributed by atoms with Crippen LogP contribution in [0.5, 0.6) is 0 Å². The molecule has 0 fully saturated rings. The van der Waals surface area contributed by atoms with E-state index in [1.54, 1.807) is 0 Å². The van der Waals surface area contributed by atoms with E-state index in [4.69, 9.17) is 0 Å². The van der Waals surface area contributed by atoms with E-state index in [-0.39, 0.29) is 0 Å². The molecule has 0 radical (unpaired) electrons. The molecule has 0 heterocycles. The average molecular weight is 139 g/mol. The van der Waals surface area contributed by atoms with Gasteiger partial charge in [0, 0.05) is 6.54 Å². The van der Waals surface area contributed by atoms with Crippen molar-refractivity contribution in [1.82, 2.24) is 5.32 Å². The summed E-state index contributed by atoms with van der Waals surface area (Å²) in [6, 6.07) is 0. The number of likely N-dealkylation sites (N-methyl/N-ethyl adjacent to an activating group) is 1. The third kappa shape index (κ3) is 3.46. The quantitative estimate of drug-likeness (QED) is 0.588. The highest BCUT2D eigenvalue weighted by atomic mass is 14.8. The van der Waals surface area contributed by atoms with Crippen molar-refractivity contribution in [2.75, 3.05) is 13.1 Å². The highest BCUT2D eigenvalue weighted by Gasteiger charge is 1.90. The summed E-state index contributed by atoms with van der Waals surface area (Å²) < 4.78 is 0. The second-order valence-corrected chi connectivity index (χ2v) is 2.45. The van der Waals surface area contributed by atoms with Crippen molar-refractivity contribution in [3.8, 4) is 0 Å². The van der Waals surface area contributed by atoms with Gasteiger partial charge in [-0.05, 0) is 20.4 Å². The standard InChI is InChI=1S/C9H17N/c1-5-8(3)9(4)7-10-6-2/h5,10H,1,6-7H2,2-4H3/b9-8-. The SMILES string of the molecule is C=C/C(C)=C(/C)CNCC. The van der Waals surface area contributed by atoms with E-state index in [9.17, 15) is 0 Å². The molecule has 0 aliphatic heterocycles. The molecule has 0 rings (SSSR count). The largest absolute Gasteiger partial charge is 0.313 e. The van der Waals surface area contributed by atoms with Crippen LogP contribution >= 0.6 is 0 Å². The van der Waals surface area contributed by atoms with Crippen molar-refractivity contribution in [2.45, 2.75) is 20.8 Å². The van der Waals surface area contributed by atoms with Gasteiger partial charge in [0.1, 0.15) is 0 Å². The molecular weight excluding hydrogens is 122 g/mol. The molecule has 1 nitrogen and oxygen atoms in total. The lowest BCUT2D eigenvalue weighted by Crippen LogP contribution is -2.15. The zero-order chi connectivity index (χ0) is 7.98. The van der Waals surface area contributed by atoms with Crippen molar-refractivity contribution >= 4 is 0 Å². The third-order valence-electron chi connectivity index (χ3n) is 1.62. The van der Waals surface area contributed by atoms with Gasteiger partial charge in [-0.15, -0.1) is 0 Å². The summed E-state index contributed by atoms with van der Waals surface area (Å²) in [5.74, 6) is 0. The molecular formula is C9H17N. The summed E-state index contributed by atoms with van der Waals surface area (Å²) in [4.78, 5) is 0. The topological polar surface area (TPSA) is 12.0 Å². The van der Waals surface area contributed by atoms with Crippen LogP contribution in [0.1, 0.15) is 20.8 Å². The molecule has 0 unspecified atom stereocenters. The number of nitrogens with one attached hydrogen (secondary N) is 1. The molecule has 0 aromatic rings. The molecule has 0 aliphatic carbocycles. The highest BCUT2D eigenvalue weighted by molar-refractivity contribution is 5.21. The molecule has 1 N–H and O–H groups in total. The summed E-state index contributed by atoms with van der Waals surface area (Å²) in [5.41, 5.74) is 2.65. The molecule has 1 heteroatoms. The van der Waals surface area contributed by atoms with Crippen molar-refractivity contribution in [3.63, 3.8) is 0 Å². The first-order valence-corrected chi connectivity index (χ1v) is 3.71. The van der Waals surface area contributed by atoms with Gasteiger partial charge in [0.2, 0.25) is 0 Å². The first-order valence-electron chi connectivity index (χ1n) is 3.71. The molecule has 0 saturated heterocycles. The van der Waals surface area contributed by atoms with Gasteiger partial charge >= 0.3 is 0 Å². The summed E-state index contributed by atoms with van der Waals surface area (Å²) >= 11 is 0. The molecule has 0 bridgehead atoms. The van der Waals surface area contributed by atoms with Crippen LogP contribution in [0.3, 0.4) is 0 Å². The number of hydrogen-bond donors (Lipinski definition) is 1. The lowest BCUT2D eigenvalue weighted by Gasteiger charge is -2.03. The average Bonchev–Trinajstić information content (AvgIpc) is 1.98. The Morgan fingerprint density at radius 3 is 2.50 bits per heavy atom. The fourth-order valence-corrected chi connectivity index (χ4v) is 0.626. The smallest absolute Gasteiger partial charge is 0.0167 e. The maximum Gasteiger partial charge on any atom is 0.0167 e. The molecule has 0 aromatic heterocycles. The molecule has 0 aromatic carbocycles. The summed E-state index contributed by atoms with van der Waals surface area (Å²) in [5, 5.41) is 3.26. The lowest BCUT2D eigenvalue weighted by molar-refractivity contribution is 0.772. The van der Waals surface area contributed by atoms with Gasteiger partial charge in [-0.2, -0.15) is 0 Å². The van der Waals surface area contributed by atoms with E-state index in [1.165, 1.54) is 11.1 Å². The van der Waals surface area contributed by atoms with E-state index in [2.05, 4.69) is 32.7 Å².